The van der Waals surface area contributed by atoms with E-state index in [0.29, 0.717) is 19.8 Å². The number of hydrogen-bond acceptors (Lipinski definition) is 6. The summed E-state index contributed by atoms with van der Waals surface area (Å²) in [5.74, 6) is -1.60. The molecule has 0 aliphatic rings. The number of nitrogens with one attached hydrogen (secondary N) is 1. The maximum absolute atomic E-state index is 11.4. The number of carbonyl (C=O) groups excluding carboxylic acids is 1. The van der Waals surface area contributed by atoms with Crippen LogP contribution in [0.5, 0.6) is 0 Å². The van der Waals surface area contributed by atoms with Crippen molar-refractivity contribution >= 4 is 11.9 Å². The molecule has 0 saturated carbocycles. The molecule has 7 heteroatoms. The number of aliphatic carboxylic acids is 1. The first-order valence-electron chi connectivity index (χ1n) is 5.39. The predicted octanol–water partition coefficient (Wildman–Crippen LogP) is -0.0495. The lowest BCUT2D eigenvalue weighted by molar-refractivity contribution is -0.257. The number of ether oxygens (including phenoxy) is 1. The summed E-state index contributed by atoms with van der Waals surface area (Å²) in [6.45, 7) is 3.34. The Morgan fingerprint density at radius 2 is 2.12 bits per heavy atom. The second-order valence-electron chi connectivity index (χ2n) is 3.21. The molecule has 1 atom stereocenters. The first-order valence-corrected chi connectivity index (χ1v) is 5.39. The second kappa shape index (κ2) is 10.0. The molecule has 0 fully saturated rings. The zero-order chi connectivity index (χ0) is 13.1. The highest BCUT2D eigenvalue weighted by molar-refractivity contribution is 5.76. The van der Waals surface area contributed by atoms with Gasteiger partial charge in [-0.05, 0) is 13.3 Å². The second-order valence-corrected chi connectivity index (χ2v) is 3.21. The number of hydrogen-bond donors (Lipinski definition) is 2. The number of carboxylic acid groups (broad SMARTS) is 1. The summed E-state index contributed by atoms with van der Waals surface area (Å²) >= 11 is 0. The fourth-order valence-electron chi connectivity index (χ4n) is 1.16. The summed E-state index contributed by atoms with van der Waals surface area (Å²) < 4.78 is 5.09. The molecule has 0 bridgehead atoms. The van der Waals surface area contributed by atoms with E-state index in [2.05, 4.69) is 15.1 Å². The van der Waals surface area contributed by atoms with Crippen molar-refractivity contribution in [2.45, 2.75) is 25.8 Å². The van der Waals surface area contributed by atoms with Gasteiger partial charge in [0.2, 0.25) is 0 Å². The number of rotatable bonds is 10. The van der Waals surface area contributed by atoms with Crippen LogP contribution in [0.1, 0.15) is 19.8 Å². The third kappa shape index (κ3) is 8.61. The van der Waals surface area contributed by atoms with Gasteiger partial charge in [-0.3, -0.25) is 9.68 Å². The van der Waals surface area contributed by atoms with Crippen LogP contribution in [0.15, 0.2) is 0 Å². The van der Waals surface area contributed by atoms with E-state index in [0.717, 1.165) is 0 Å². The van der Waals surface area contributed by atoms with Crippen molar-refractivity contribution in [2.24, 2.45) is 0 Å². The van der Waals surface area contributed by atoms with Gasteiger partial charge in [-0.15, -0.1) is 0 Å². The van der Waals surface area contributed by atoms with Crippen molar-refractivity contribution in [1.82, 2.24) is 5.32 Å². The highest BCUT2D eigenvalue weighted by Gasteiger charge is 2.21. The molecule has 0 heterocycles. The van der Waals surface area contributed by atoms with E-state index in [4.69, 9.17) is 9.84 Å². The zero-order valence-corrected chi connectivity index (χ0v) is 10.1. The van der Waals surface area contributed by atoms with Crippen molar-refractivity contribution in [3.63, 3.8) is 0 Å². The van der Waals surface area contributed by atoms with Crippen LogP contribution in [-0.2, 0) is 24.1 Å². The third-order valence-electron chi connectivity index (χ3n) is 1.94. The maximum atomic E-state index is 11.4. The minimum atomic E-state index is -0.966. The van der Waals surface area contributed by atoms with Gasteiger partial charge in [0.15, 0.2) is 0 Å². The Morgan fingerprint density at radius 1 is 1.41 bits per heavy atom. The summed E-state index contributed by atoms with van der Waals surface area (Å²) in [6, 6.07) is -0.702. The lowest BCUT2D eigenvalue weighted by atomic mass is 10.1. The van der Waals surface area contributed by atoms with E-state index < -0.39 is 18.0 Å². The van der Waals surface area contributed by atoms with Gasteiger partial charge in [0.25, 0.3) is 0 Å². The van der Waals surface area contributed by atoms with Crippen LogP contribution < -0.4 is 5.32 Å². The Kier molecular flexibility index (Phi) is 9.31. The summed E-state index contributed by atoms with van der Waals surface area (Å²) in [7, 11) is 1.21. The Morgan fingerprint density at radius 3 is 2.65 bits per heavy atom. The molecule has 0 aromatic rings. The number of carbonyl (C=O) groups is 2. The highest BCUT2D eigenvalue weighted by Crippen LogP contribution is 2.00. The zero-order valence-electron chi connectivity index (χ0n) is 10.1. The van der Waals surface area contributed by atoms with Crippen molar-refractivity contribution in [1.29, 1.82) is 0 Å². The Hall–Kier alpha value is -1.18. The lowest BCUT2D eigenvalue weighted by Crippen LogP contribution is -2.40. The molecule has 0 aromatic heterocycles. The van der Waals surface area contributed by atoms with E-state index in [-0.39, 0.29) is 12.8 Å². The molecular weight excluding hydrogens is 230 g/mol. The monoisotopic (exact) mass is 249 g/mol. The van der Waals surface area contributed by atoms with Crippen LogP contribution in [-0.4, -0.2) is 50.0 Å². The van der Waals surface area contributed by atoms with Gasteiger partial charge in [0.05, 0.1) is 13.7 Å². The van der Waals surface area contributed by atoms with E-state index in [1.54, 1.807) is 0 Å². The molecule has 0 amide bonds. The van der Waals surface area contributed by atoms with E-state index >= 15 is 0 Å². The summed E-state index contributed by atoms with van der Waals surface area (Å²) in [6.07, 6.45) is 0.0226. The fraction of sp³-hybridized carbons (Fsp3) is 0.800. The molecule has 2 N–H and O–H groups in total. The van der Waals surface area contributed by atoms with Crippen molar-refractivity contribution < 1.29 is 29.2 Å². The molecular formula is C10H19NO6. The van der Waals surface area contributed by atoms with E-state index in [1.165, 1.54) is 7.11 Å². The van der Waals surface area contributed by atoms with Crippen molar-refractivity contribution in [2.75, 3.05) is 26.9 Å². The molecule has 1 unspecified atom stereocenters. The molecule has 0 saturated heterocycles. The summed E-state index contributed by atoms with van der Waals surface area (Å²) in [5, 5.41) is 11.4. The van der Waals surface area contributed by atoms with E-state index in [1.807, 2.05) is 6.92 Å². The highest BCUT2D eigenvalue weighted by atomic mass is 17.2. The normalized spacial score (nSPS) is 12.1. The van der Waals surface area contributed by atoms with Crippen molar-refractivity contribution in [3.8, 4) is 0 Å². The SMILES string of the molecule is CCOCCNC(CCC(=O)O)C(=O)OOC. The fourth-order valence-corrected chi connectivity index (χ4v) is 1.16. The van der Waals surface area contributed by atoms with Crippen LogP contribution in [0.25, 0.3) is 0 Å². The quantitative estimate of drug-likeness (QED) is 0.318. The van der Waals surface area contributed by atoms with Crippen LogP contribution in [0.2, 0.25) is 0 Å². The van der Waals surface area contributed by atoms with Crippen LogP contribution in [0, 0.1) is 0 Å². The Balaban J connectivity index is 4.00. The minimum Gasteiger partial charge on any atom is -0.481 e. The largest absolute Gasteiger partial charge is 0.481 e. The van der Waals surface area contributed by atoms with Gasteiger partial charge in [0.1, 0.15) is 6.04 Å². The predicted molar refractivity (Wildman–Crippen MR) is 58.3 cm³/mol. The first kappa shape index (κ1) is 15.8. The Labute approximate surface area is 100.0 Å². The van der Waals surface area contributed by atoms with Gasteiger partial charge in [-0.2, -0.15) is 4.89 Å². The average molecular weight is 249 g/mol. The van der Waals surface area contributed by atoms with Gasteiger partial charge in [-0.1, -0.05) is 0 Å². The van der Waals surface area contributed by atoms with Crippen LogP contribution in [0.3, 0.4) is 0 Å². The van der Waals surface area contributed by atoms with Gasteiger partial charge < -0.3 is 15.2 Å². The van der Waals surface area contributed by atoms with E-state index in [9.17, 15) is 9.59 Å². The average Bonchev–Trinajstić information content (AvgIpc) is 2.28. The maximum Gasteiger partial charge on any atom is 0.359 e. The summed E-state index contributed by atoms with van der Waals surface area (Å²) in [5.41, 5.74) is 0. The first-order chi connectivity index (χ1) is 8.11. The van der Waals surface area contributed by atoms with Gasteiger partial charge >= 0.3 is 11.9 Å². The molecule has 0 radical (unpaired) electrons. The lowest BCUT2D eigenvalue weighted by Gasteiger charge is -2.15. The van der Waals surface area contributed by atoms with Crippen LogP contribution >= 0.6 is 0 Å². The van der Waals surface area contributed by atoms with Gasteiger partial charge in [0, 0.05) is 19.6 Å². The topological polar surface area (TPSA) is 94.1 Å². The smallest absolute Gasteiger partial charge is 0.359 e. The minimum absolute atomic E-state index is 0.120. The number of carboxylic acids is 1. The standard InChI is InChI=1S/C10H19NO6/c1-3-16-7-6-11-8(4-5-9(12)13)10(14)17-15-2/h8,11H,3-7H2,1-2H3,(H,12,13). The summed E-state index contributed by atoms with van der Waals surface area (Å²) in [4.78, 5) is 30.4. The Bertz CT molecular complexity index is 233. The molecule has 0 rings (SSSR count). The van der Waals surface area contributed by atoms with Gasteiger partial charge in [-0.25, -0.2) is 4.79 Å². The molecule has 0 aliphatic carbocycles. The third-order valence-corrected chi connectivity index (χ3v) is 1.94. The molecule has 100 valence electrons. The molecule has 7 nitrogen and oxygen atoms in total. The molecule has 0 spiro atoms. The van der Waals surface area contributed by atoms with Crippen LogP contribution in [0.4, 0.5) is 0 Å². The molecule has 17 heavy (non-hydrogen) atoms. The molecule has 0 aromatic carbocycles. The molecule has 0 aliphatic heterocycles. The van der Waals surface area contributed by atoms with Crippen molar-refractivity contribution in [3.05, 3.63) is 0 Å².